The molecule has 1 N–H and O–H groups in total. The van der Waals surface area contributed by atoms with Crippen molar-refractivity contribution in [2.45, 2.75) is 52.6 Å². The molecule has 0 aromatic rings. The van der Waals surface area contributed by atoms with E-state index in [1.165, 1.54) is 0 Å². The maximum absolute atomic E-state index is 11.3. The van der Waals surface area contributed by atoms with Crippen molar-refractivity contribution < 1.29 is 9.90 Å². The fourth-order valence-corrected chi connectivity index (χ4v) is 0.903. The highest BCUT2D eigenvalue weighted by Crippen LogP contribution is 2.14. The molecule has 12 heavy (non-hydrogen) atoms. The number of rotatable bonds is 5. The van der Waals surface area contributed by atoms with Crippen LogP contribution in [0.25, 0.3) is 0 Å². The Morgan fingerprint density at radius 3 is 2.33 bits per heavy atom. The van der Waals surface area contributed by atoms with Crippen LogP contribution in [-0.4, -0.2) is 16.5 Å². The number of Topliss-reactive ketones (excluding diaryl/α,β-unsaturated/α-hetero) is 1. The Labute approximate surface area is 75.0 Å². The Morgan fingerprint density at radius 1 is 1.50 bits per heavy atom. The van der Waals surface area contributed by atoms with Crippen molar-refractivity contribution in [1.29, 1.82) is 0 Å². The second kappa shape index (κ2) is 4.61. The maximum Gasteiger partial charge on any atom is 0.135 e. The normalized spacial score (nSPS) is 14.4. The van der Waals surface area contributed by atoms with Crippen LogP contribution in [0.15, 0.2) is 0 Å². The number of aliphatic hydroxyl groups is 1. The van der Waals surface area contributed by atoms with Crippen molar-refractivity contribution in [3.05, 3.63) is 0 Å². The lowest BCUT2D eigenvalue weighted by Gasteiger charge is -2.17. The van der Waals surface area contributed by atoms with E-state index in [0.29, 0.717) is 12.8 Å². The minimum absolute atomic E-state index is 0.146. The quantitative estimate of drug-likeness (QED) is 0.690. The Hall–Kier alpha value is -0.370. The first kappa shape index (κ1) is 11.6. The highest BCUT2D eigenvalue weighted by atomic mass is 16.3. The van der Waals surface area contributed by atoms with Crippen molar-refractivity contribution in [2.24, 2.45) is 5.92 Å². The van der Waals surface area contributed by atoms with Crippen LogP contribution in [0.3, 0.4) is 0 Å². The summed E-state index contributed by atoms with van der Waals surface area (Å²) in [6.45, 7) is 7.41. The summed E-state index contributed by atoms with van der Waals surface area (Å²) in [5.74, 6) is 0.409. The molecule has 0 aliphatic rings. The summed E-state index contributed by atoms with van der Waals surface area (Å²) in [5, 5.41) is 9.37. The van der Waals surface area contributed by atoms with Gasteiger partial charge < -0.3 is 5.11 Å². The monoisotopic (exact) mass is 172 g/mol. The van der Waals surface area contributed by atoms with E-state index >= 15 is 0 Å². The zero-order valence-electron chi connectivity index (χ0n) is 8.55. The first-order chi connectivity index (χ1) is 5.37. The van der Waals surface area contributed by atoms with E-state index in [9.17, 15) is 9.90 Å². The summed E-state index contributed by atoms with van der Waals surface area (Å²) < 4.78 is 0. The van der Waals surface area contributed by atoms with Crippen LogP contribution in [0.1, 0.15) is 47.0 Å². The van der Waals surface area contributed by atoms with Crippen LogP contribution >= 0.6 is 0 Å². The molecule has 0 aromatic carbocycles. The van der Waals surface area contributed by atoms with Gasteiger partial charge in [0.05, 0.1) is 5.60 Å². The molecule has 0 saturated carbocycles. The topological polar surface area (TPSA) is 37.3 Å². The Kier molecular flexibility index (Phi) is 4.46. The lowest BCUT2D eigenvalue weighted by molar-refractivity contribution is -0.123. The fourth-order valence-electron chi connectivity index (χ4n) is 0.903. The van der Waals surface area contributed by atoms with Gasteiger partial charge >= 0.3 is 0 Å². The first-order valence-corrected chi connectivity index (χ1v) is 4.62. The summed E-state index contributed by atoms with van der Waals surface area (Å²) in [4.78, 5) is 11.3. The summed E-state index contributed by atoms with van der Waals surface area (Å²) in [5.41, 5.74) is -0.705. The van der Waals surface area contributed by atoms with Gasteiger partial charge in [-0.05, 0) is 26.7 Å². The molecule has 0 radical (unpaired) electrons. The van der Waals surface area contributed by atoms with E-state index in [1.807, 2.05) is 13.8 Å². The third kappa shape index (κ3) is 5.30. The first-order valence-electron chi connectivity index (χ1n) is 4.62. The highest BCUT2D eigenvalue weighted by Gasteiger charge is 2.17. The Bertz CT molecular complexity index is 144. The molecular weight excluding hydrogens is 152 g/mol. The molecule has 0 aliphatic heterocycles. The van der Waals surface area contributed by atoms with Gasteiger partial charge in [0.1, 0.15) is 5.78 Å². The molecule has 0 saturated heterocycles. The molecule has 1 atom stereocenters. The molecule has 72 valence electrons. The van der Waals surface area contributed by atoms with Gasteiger partial charge in [0.15, 0.2) is 0 Å². The molecule has 0 aromatic heterocycles. The van der Waals surface area contributed by atoms with Gasteiger partial charge in [0, 0.05) is 12.3 Å². The number of carbonyl (C=O) groups is 1. The van der Waals surface area contributed by atoms with Gasteiger partial charge in [-0.1, -0.05) is 13.8 Å². The number of ketones is 1. The average molecular weight is 172 g/mol. The van der Waals surface area contributed by atoms with E-state index in [1.54, 1.807) is 13.8 Å². The predicted octanol–water partition coefficient (Wildman–Crippen LogP) is 2.15. The van der Waals surface area contributed by atoms with Gasteiger partial charge in [0.25, 0.3) is 0 Å². The molecule has 0 bridgehead atoms. The van der Waals surface area contributed by atoms with Crippen LogP contribution in [0.2, 0.25) is 0 Å². The number of hydrogen-bond acceptors (Lipinski definition) is 2. The van der Waals surface area contributed by atoms with Crippen LogP contribution < -0.4 is 0 Å². The van der Waals surface area contributed by atoms with Crippen LogP contribution in [-0.2, 0) is 4.79 Å². The van der Waals surface area contributed by atoms with Crippen LogP contribution in [0.4, 0.5) is 0 Å². The molecule has 2 nitrogen and oxygen atoms in total. The molecule has 0 aliphatic carbocycles. The Morgan fingerprint density at radius 2 is 2.00 bits per heavy atom. The van der Waals surface area contributed by atoms with Crippen LogP contribution in [0.5, 0.6) is 0 Å². The zero-order chi connectivity index (χ0) is 9.78. The van der Waals surface area contributed by atoms with Crippen molar-refractivity contribution >= 4 is 5.78 Å². The van der Waals surface area contributed by atoms with Gasteiger partial charge in [0.2, 0.25) is 0 Å². The van der Waals surface area contributed by atoms with Gasteiger partial charge in [-0.3, -0.25) is 4.79 Å². The minimum Gasteiger partial charge on any atom is -0.390 e. The standard InChI is InChI=1S/C10H20O2/c1-5-8(2)9(11)6-7-10(3,4)12/h8,12H,5-7H2,1-4H3. The molecular formula is C10H20O2. The smallest absolute Gasteiger partial charge is 0.135 e. The molecule has 0 spiro atoms. The predicted molar refractivity (Wildman–Crippen MR) is 50.0 cm³/mol. The number of carbonyl (C=O) groups excluding carboxylic acids is 1. The fraction of sp³-hybridized carbons (Fsp3) is 0.900. The minimum atomic E-state index is -0.705. The van der Waals surface area contributed by atoms with Gasteiger partial charge in [-0.2, -0.15) is 0 Å². The van der Waals surface area contributed by atoms with Gasteiger partial charge in [-0.15, -0.1) is 0 Å². The molecule has 0 amide bonds. The zero-order valence-corrected chi connectivity index (χ0v) is 8.55. The highest BCUT2D eigenvalue weighted by molar-refractivity contribution is 5.80. The van der Waals surface area contributed by atoms with Crippen molar-refractivity contribution in [3.8, 4) is 0 Å². The molecule has 0 heterocycles. The summed E-state index contributed by atoms with van der Waals surface area (Å²) in [7, 11) is 0. The van der Waals surface area contributed by atoms with Crippen molar-refractivity contribution in [1.82, 2.24) is 0 Å². The second-order valence-corrected chi connectivity index (χ2v) is 4.09. The van der Waals surface area contributed by atoms with Gasteiger partial charge in [-0.25, -0.2) is 0 Å². The van der Waals surface area contributed by atoms with E-state index in [-0.39, 0.29) is 11.7 Å². The molecule has 0 rings (SSSR count). The van der Waals surface area contributed by atoms with Crippen molar-refractivity contribution in [3.63, 3.8) is 0 Å². The van der Waals surface area contributed by atoms with E-state index in [0.717, 1.165) is 6.42 Å². The second-order valence-electron chi connectivity index (χ2n) is 4.09. The summed E-state index contributed by atoms with van der Waals surface area (Å²) >= 11 is 0. The van der Waals surface area contributed by atoms with Crippen LogP contribution in [0, 0.1) is 5.92 Å². The lowest BCUT2D eigenvalue weighted by atomic mass is 9.94. The molecule has 0 fully saturated rings. The third-order valence-electron chi connectivity index (χ3n) is 2.15. The van der Waals surface area contributed by atoms with Crippen molar-refractivity contribution in [2.75, 3.05) is 0 Å². The summed E-state index contributed by atoms with van der Waals surface area (Å²) in [6, 6.07) is 0. The van der Waals surface area contributed by atoms with E-state index < -0.39 is 5.60 Å². The maximum atomic E-state index is 11.3. The van der Waals surface area contributed by atoms with E-state index in [2.05, 4.69) is 0 Å². The largest absolute Gasteiger partial charge is 0.390 e. The SMILES string of the molecule is CCC(C)C(=O)CCC(C)(C)O. The number of hydrogen-bond donors (Lipinski definition) is 1. The third-order valence-corrected chi connectivity index (χ3v) is 2.15. The summed E-state index contributed by atoms with van der Waals surface area (Å²) in [6.07, 6.45) is 1.96. The molecule has 2 heteroatoms. The van der Waals surface area contributed by atoms with E-state index in [4.69, 9.17) is 0 Å². The molecule has 1 unspecified atom stereocenters. The average Bonchev–Trinajstić information content (AvgIpc) is 1.97. The lowest BCUT2D eigenvalue weighted by Crippen LogP contribution is -2.21. The Balaban J connectivity index is 3.72.